The lowest BCUT2D eigenvalue weighted by molar-refractivity contribution is -0.122. The van der Waals surface area contributed by atoms with Crippen molar-refractivity contribution < 1.29 is 9.53 Å². The van der Waals surface area contributed by atoms with Crippen LogP contribution in [0.4, 0.5) is 0 Å². The summed E-state index contributed by atoms with van der Waals surface area (Å²) in [7, 11) is 0. The maximum Gasteiger partial charge on any atom is 0.237 e. The lowest BCUT2D eigenvalue weighted by atomic mass is 10.1. The zero-order valence-electron chi connectivity index (χ0n) is 11.0. The Balaban J connectivity index is 0.00000289. The van der Waals surface area contributed by atoms with E-state index in [1.54, 1.807) is 6.92 Å². The van der Waals surface area contributed by atoms with Crippen LogP contribution in [0.5, 0.6) is 5.75 Å². The number of amides is 1. The Hall–Kier alpha value is -1.26. The molecule has 2 atom stereocenters. The number of carbonyl (C=O) groups excluding carboxylic acids is 1. The van der Waals surface area contributed by atoms with Crippen molar-refractivity contribution in [2.24, 2.45) is 5.73 Å². The molecule has 1 amide bonds. The van der Waals surface area contributed by atoms with Crippen LogP contribution in [0.15, 0.2) is 24.3 Å². The minimum Gasteiger partial charge on any atom is -0.494 e. The van der Waals surface area contributed by atoms with E-state index in [1.807, 2.05) is 38.1 Å². The van der Waals surface area contributed by atoms with Gasteiger partial charge >= 0.3 is 0 Å². The second kappa shape index (κ2) is 7.95. The summed E-state index contributed by atoms with van der Waals surface area (Å²) in [6.07, 6.45) is 0. The maximum atomic E-state index is 11.5. The fourth-order valence-corrected chi connectivity index (χ4v) is 1.47. The largest absolute Gasteiger partial charge is 0.494 e. The van der Waals surface area contributed by atoms with Gasteiger partial charge in [0.15, 0.2) is 0 Å². The van der Waals surface area contributed by atoms with Crippen LogP contribution in [-0.4, -0.2) is 18.6 Å². The van der Waals surface area contributed by atoms with Crippen molar-refractivity contribution in [2.45, 2.75) is 32.9 Å². The highest BCUT2D eigenvalue weighted by Crippen LogP contribution is 2.19. The molecule has 0 bridgehead atoms. The molecule has 1 rings (SSSR count). The lowest BCUT2D eigenvalue weighted by Gasteiger charge is -2.16. The van der Waals surface area contributed by atoms with Gasteiger partial charge in [-0.2, -0.15) is 0 Å². The fraction of sp³-hybridized carbons (Fsp3) is 0.462. The van der Waals surface area contributed by atoms with E-state index in [0.717, 1.165) is 11.3 Å². The Morgan fingerprint density at radius 3 is 2.67 bits per heavy atom. The highest BCUT2D eigenvalue weighted by atomic mass is 35.5. The van der Waals surface area contributed by atoms with Gasteiger partial charge in [-0.15, -0.1) is 12.4 Å². The van der Waals surface area contributed by atoms with Crippen molar-refractivity contribution in [3.63, 3.8) is 0 Å². The number of hydrogen-bond acceptors (Lipinski definition) is 3. The molecule has 0 spiro atoms. The molecule has 0 fully saturated rings. The first kappa shape index (κ1) is 16.7. The van der Waals surface area contributed by atoms with Gasteiger partial charge in [-0.1, -0.05) is 12.1 Å². The summed E-state index contributed by atoms with van der Waals surface area (Å²) in [6.45, 7) is 6.15. The number of nitrogens with one attached hydrogen (secondary N) is 1. The summed E-state index contributed by atoms with van der Waals surface area (Å²) in [6, 6.07) is 7.12. The summed E-state index contributed by atoms with van der Waals surface area (Å²) in [5.41, 5.74) is 6.51. The van der Waals surface area contributed by atoms with Crippen LogP contribution in [0, 0.1) is 0 Å². The number of carbonyl (C=O) groups is 1. The van der Waals surface area contributed by atoms with Crippen LogP contribution in [0.2, 0.25) is 0 Å². The highest BCUT2D eigenvalue weighted by molar-refractivity contribution is 5.85. The molecule has 0 aliphatic carbocycles. The second-order valence-corrected chi connectivity index (χ2v) is 4.02. The van der Waals surface area contributed by atoms with Crippen molar-refractivity contribution >= 4 is 18.3 Å². The number of hydrogen-bond donors (Lipinski definition) is 2. The molecule has 0 aliphatic rings. The fourth-order valence-electron chi connectivity index (χ4n) is 1.47. The number of nitrogens with two attached hydrogens (primary N) is 1. The highest BCUT2D eigenvalue weighted by Gasteiger charge is 2.12. The van der Waals surface area contributed by atoms with Crippen LogP contribution in [0.3, 0.4) is 0 Å². The molecule has 102 valence electrons. The van der Waals surface area contributed by atoms with Crippen LogP contribution < -0.4 is 15.8 Å². The Morgan fingerprint density at radius 1 is 1.44 bits per heavy atom. The molecule has 0 aromatic heterocycles. The third-order valence-electron chi connectivity index (χ3n) is 2.44. The van der Waals surface area contributed by atoms with Gasteiger partial charge in [0, 0.05) is 0 Å². The molecule has 1 unspecified atom stereocenters. The number of halogens is 1. The predicted molar refractivity (Wildman–Crippen MR) is 75.1 cm³/mol. The average molecular weight is 273 g/mol. The summed E-state index contributed by atoms with van der Waals surface area (Å²) in [5, 5.41) is 2.85. The van der Waals surface area contributed by atoms with E-state index in [4.69, 9.17) is 10.5 Å². The smallest absolute Gasteiger partial charge is 0.237 e. The molecule has 0 heterocycles. The minimum atomic E-state index is -0.493. The van der Waals surface area contributed by atoms with E-state index in [2.05, 4.69) is 5.32 Å². The van der Waals surface area contributed by atoms with Gasteiger partial charge in [0.25, 0.3) is 0 Å². The van der Waals surface area contributed by atoms with Gasteiger partial charge < -0.3 is 15.8 Å². The first-order chi connectivity index (χ1) is 8.04. The summed E-state index contributed by atoms with van der Waals surface area (Å²) >= 11 is 0. The number of rotatable bonds is 5. The van der Waals surface area contributed by atoms with Crippen LogP contribution in [0.25, 0.3) is 0 Å². The SMILES string of the molecule is CCOc1cccc(C(C)NC(=O)[C@@H](C)N)c1.Cl. The zero-order valence-corrected chi connectivity index (χ0v) is 11.8. The third-order valence-corrected chi connectivity index (χ3v) is 2.44. The topological polar surface area (TPSA) is 64.3 Å². The van der Waals surface area contributed by atoms with Crippen molar-refractivity contribution in [3.05, 3.63) is 29.8 Å². The molecule has 3 N–H and O–H groups in total. The standard InChI is InChI=1S/C13H20N2O2.ClH/c1-4-17-12-7-5-6-11(8-12)10(3)15-13(16)9(2)14;/h5-10H,4,14H2,1-3H3,(H,15,16);1H/t9-,10?;/m1./s1. The molecular formula is C13H21ClN2O2. The van der Waals surface area contributed by atoms with E-state index in [9.17, 15) is 4.79 Å². The molecule has 1 aromatic rings. The quantitative estimate of drug-likeness (QED) is 0.862. The van der Waals surface area contributed by atoms with E-state index in [-0.39, 0.29) is 24.4 Å². The number of benzene rings is 1. The van der Waals surface area contributed by atoms with Crippen molar-refractivity contribution in [1.82, 2.24) is 5.32 Å². The summed E-state index contributed by atoms with van der Waals surface area (Å²) < 4.78 is 5.41. The van der Waals surface area contributed by atoms with Crippen LogP contribution in [-0.2, 0) is 4.79 Å². The molecule has 0 aliphatic heterocycles. The zero-order chi connectivity index (χ0) is 12.8. The molecule has 0 saturated heterocycles. The van der Waals surface area contributed by atoms with Gasteiger partial charge in [0.2, 0.25) is 5.91 Å². The molecule has 5 heteroatoms. The number of ether oxygens (including phenoxy) is 1. The van der Waals surface area contributed by atoms with Crippen molar-refractivity contribution in [2.75, 3.05) is 6.61 Å². The Labute approximate surface area is 114 Å². The first-order valence-corrected chi connectivity index (χ1v) is 5.83. The average Bonchev–Trinajstić information content (AvgIpc) is 2.29. The van der Waals surface area contributed by atoms with Gasteiger partial charge in [0.05, 0.1) is 18.7 Å². The molecule has 4 nitrogen and oxygen atoms in total. The monoisotopic (exact) mass is 272 g/mol. The summed E-state index contributed by atoms with van der Waals surface area (Å²) in [5.74, 6) is 0.659. The Bertz CT molecular complexity index is 383. The van der Waals surface area contributed by atoms with E-state index < -0.39 is 6.04 Å². The minimum absolute atomic E-state index is 0. The molecule has 1 aromatic carbocycles. The third kappa shape index (κ3) is 4.94. The molecule has 18 heavy (non-hydrogen) atoms. The van der Waals surface area contributed by atoms with E-state index in [0.29, 0.717) is 6.61 Å². The summed E-state index contributed by atoms with van der Waals surface area (Å²) in [4.78, 5) is 11.5. The molecule has 0 saturated carbocycles. The van der Waals surface area contributed by atoms with E-state index >= 15 is 0 Å². The predicted octanol–water partition coefficient (Wildman–Crippen LogP) is 2.03. The van der Waals surface area contributed by atoms with Crippen LogP contribution in [0.1, 0.15) is 32.4 Å². The molecular weight excluding hydrogens is 252 g/mol. The first-order valence-electron chi connectivity index (χ1n) is 5.83. The Morgan fingerprint density at radius 2 is 2.11 bits per heavy atom. The normalized spacial score (nSPS) is 13.1. The van der Waals surface area contributed by atoms with Crippen molar-refractivity contribution in [3.8, 4) is 5.75 Å². The Kier molecular flexibility index (Phi) is 7.39. The lowest BCUT2D eigenvalue weighted by Crippen LogP contribution is -2.39. The molecule has 0 radical (unpaired) electrons. The van der Waals surface area contributed by atoms with E-state index in [1.165, 1.54) is 0 Å². The van der Waals surface area contributed by atoms with Gasteiger partial charge in [-0.05, 0) is 38.5 Å². The second-order valence-electron chi connectivity index (χ2n) is 4.02. The van der Waals surface area contributed by atoms with Crippen molar-refractivity contribution in [1.29, 1.82) is 0 Å². The van der Waals surface area contributed by atoms with Gasteiger partial charge in [-0.3, -0.25) is 4.79 Å². The van der Waals surface area contributed by atoms with Gasteiger partial charge in [-0.25, -0.2) is 0 Å². The van der Waals surface area contributed by atoms with Gasteiger partial charge in [0.1, 0.15) is 5.75 Å². The van der Waals surface area contributed by atoms with Crippen LogP contribution >= 0.6 is 12.4 Å². The maximum absolute atomic E-state index is 11.5.